The summed E-state index contributed by atoms with van der Waals surface area (Å²) in [5, 5.41) is 0. The van der Waals surface area contributed by atoms with E-state index in [4.69, 9.17) is 9.47 Å². The van der Waals surface area contributed by atoms with E-state index >= 15 is 0 Å². The van der Waals surface area contributed by atoms with Gasteiger partial charge in [-0.25, -0.2) is 0 Å². The molecule has 0 aromatic heterocycles. The Labute approximate surface area is 63.7 Å². The van der Waals surface area contributed by atoms with E-state index in [9.17, 15) is 4.79 Å². The van der Waals surface area contributed by atoms with Crippen LogP contribution in [-0.4, -0.2) is 23.8 Å². The van der Waals surface area contributed by atoms with Crippen LogP contribution in [0, 0.1) is 11.3 Å². The SMILES string of the molecule is CC12C3CC4C(=O)OC1C42O3. The minimum absolute atomic E-state index is 0.0209. The molecule has 3 nitrogen and oxygen atoms in total. The number of hydrogen-bond acceptors (Lipinski definition) is 3. The summed E-state index contributed by atoms with van der Waals surface area (Å²) < 4.78 is 10.8. The lowest BCUT2D eigenvalue weighted by Gasteiger charge is -2.30. The van der Waals surface area contributed by atoms with Crippen molar-refractivity contribution in [2.24, 2.45) is 11.3 Å². The van der Waals surface area contributed by atoms with Crippen molar-refractivity contribution >= 4 is 5.97 Å². The smallest absolute Gasteiger partial charge is 0.312 e. The highest BCUT2D eigenvalue weighted by Gasteiger charge is 2.99. The molecule has 3 heterocycles. The number of rotatable bonds is 0. The van der Waals surface area contributed by atoms with Crippen molar-refractivity contribution in [1.29, 1.82) is 0 Å². The van der Waals surface area contributed by atoms with Crippen LogP contribution in [-0.2, 0) is 14.3 Å². The van der Waals surface area contributed by atoms with Crippen molar-refractivity contribution in [3.8, 4) is 0 Å². The lowest BCUT2D eigenvalue weighted by molar-refractivity contribution is -0.155. The molecule has 1 spiro atoms. The second kappa shape index (κ2) is 0.959. The molecule has 3 saturated heterocycles. The lowest BCUT2D eigenvalue weighted by Crippen LogP contribution is -2.40. The van der Waals surface area contributed by atoms with Gasteiger partial charge in [0.05, 0.1) is 17.4 Å². The first kappa shape index (κ1) is 5.14. The van der Waals surface area contributed by atoms with Crippen molar-refractivity contribution in [2.45, 2.75) is 31.2 Å². The summed E-state index contributed by atoms with van der Waals surface area (Å²) in [6.45, 7) is 2.18. The molecule has 2 aliphatic carbocycles. The molecule has 2 saturated carbocycles. The summed E-state index contributed by atoms with van der Waals surface area (Å²) >= 11 is 0. The predicted octanol–water partition coefficient (Wildman–Crippen LogP) is 0.0892. The fourth-order valence-electron chi connectivity index (χ4n) is 3.51. The van der Waals surface area contributed by atoms with Crippen LogP contribution in [0.25, 0.3) is 0 Å². The third kappa shape index (κ3) is 0.231. The van der Waals surface area contributed by atoms with Crippen molar-refractivity contribution in [3.63, 3.8) is 0 Å². The molecule has 0 aromatic carbocycles. The van der Waals surface area contributed by atoms with Crippen LogP contribution in [0.3, 0.4) is 0 Å². The van der Waals surface area contributed by atoms with E-state index in [1.165, 1.54) is 0 Å². The zero-order chi connectivity index (χ0) is 7.43. The largest absolute Gasteiger partial charge is 0.458 e. The van der Waals surface area contributed by atoms with Gasteiger partial charge in [0.2, 0.25) is 0 Å². The summed E-state index contributed by atoms with van der Waals surface area (Å²) in [6, 6.07) is 0. The maximum Gasteiger partial charge on any atom is 0.312 e. The van der Waals surface area contributed by atoms with Gasteiger partial charge in [0.25, 0.3) is 0 Å². The van der Waals surface area contributed by atoms with Gasteiger partial charge >= 0.3 is 5.97 Å². The highest BCUT2D eigenvalue weighted by molar-refractivity contribution is 5.83. The van der Waals surface area contributed by atoms with Gasteiger partial charge < -0.3 is 9.47 Å². The van der Waals surface area contributed by atoms with Crippen LogP contribution in [0.1, 0.15) is 13.3 Å². The molecule has 2 bridgehead atoms. The van der Waals surface area contributed by atoms with Crippen molar-refractivity contribution in [3.05, 3.63) is 0 Å². The Hall–Kier alpha value is -0.570. The molecule has 0 N–H and O–H groups in total. The van der Waals surface area contributed by atoms with E-state index in [2.05, 4.69) is 6.92 Å². The van der Waals surface area contributed by atoms with Gasteiger partial charge in [-0.15, -0.1) is 0 Å². The highest BCUT2D eigenvalue weighted by Crippen LogP contribution is 2.84. The fraction of sp³-hybridized carbons (Fsp3) is 0.875. The zero-order valence-electron chi connectivity index (χ0n) is 6.16. The average molecular weight is 152 g/mol. The molecular formula is C8H8O3. The van der Waals surface area contributed by atoms with Gasteiger partial charge in [-0.1, -0.05) is 6.92 Å². The first-order valence-corrected chi connectivity index (χ1v) is 4.09. The lowest BCUT2D eigenvalue weighted by atomic mass is 9.97. The molecule has 58 valence electrons. The van der Waals surface area contributed by atoms with Crippen molar-refractivity contribution < 1.29 is 14.3 Å². The molecule has 5 atom stereocenters. The topological polar surface area (TPSA) is 35.5 Å². The Morgan fingerprint density at radius 2 is 2.45 bits per heavy atom. The third-order valence-electron chi connectivity index (χ3n) is 4.18. The van der Waals surface area contributed by atoms with Crippen molar-refractivity contribution in [2.75, 3.05) is 0 Å². The van der Waals surface area contributed by atoms with Crippen LogP contribution in [0.4, 0.5) is 0 Å². The van der Waals surface area contributed by atoms with Gasteiger partial charge in [0.15, 0.2) is 0 Å². The first-order chi connectivity index (χ1) is 5.21. The number of hydrogen-bond donors (Lipinski definition) is 0. The molecule has 0 aromatic rings. The molecule has 3 aliphatic heterocycles. The Kier molecular flexibility index (Phi) is 0.448. The van der Waals surface area contributed by atoms with Gasteiger partial charge in [-0.3, -0.25) is 4.79 Å². The molecular weight excluding hydrogens is 144 g/mol. The number of ether oxygens (including phenoxy) is 2. The normalized spacial score (nSPS) is 73.9. The Morgan fingerprint density at radius 1 is 1.64 bits per heavy atom. The van der Waals surface area contributed by atoms with Crippen molar-refractivity contribution in [1.82, 2.24) is 0 Å². The van der Waals surface area contributed by atoms with Gasteiger partial charge in [-0.2, -0.15) is 0 Å². The summed E-state index contributed by atoms with van der Waals surface area (Å²) in [4.78, 5) is 11.1. The number of carbonyl (C=O) groups is 1. The quantitative estimate of drug-likeness (QED) is 0.461. The predicted molar refractivity (Wildman–Crippen MR) is 33.7 cm³/mol. The standard InChI is InChI=1S/C8H8O3/c1-7-4-2-3-5(9)10-6(7)8(3,7)11-4/h3-4,6H,2H2,1H3. The molecule has 0 radical (unpaired) electrons. The first-order valence-electron chi connectivity index (χ1n) is 4.09. The summed E-state index contributed by atoms with van der Waals surface area (Å²) in [5.41, 5.74) is 0.0975. The van der Waals surface area contributed by atoms with Crippen LogP contribution < -0.4 is 0 Å². The fourth-order valence-corrected chi connectivity index (χ4v) is 3.51. The number of esters is 1. The molecule has 5 fully saturated rings. The number of carbonyl (C=O) groups excluding carboxylic acids is 1. The second-order valence-electron chi connectivity index (χ2n) is 4.29. The zero-order valence-corrected chi connectivity index (χ0v) is 6.16. The van der Waals surface area contributed by atoms with Gasteiger partial charge in [-0.05, 0) is 6.42 Å². The molecule has 5 unspecified atom stereocenters. The maximum absolute atomic E-state index is 11.1. The molecule has 11 heavy (non-hydrogen) atoms. The van der Waals surface area contributed by atoms with E-state index < -0.39 is 0 Å². The van der Waals surface area contributed by atoms with E-state index in [0.29, 0.717) is 6.10 Å². The van der Waals surface area contributed by atoms with Gasteiger partial charge in [0, 0.05) is 0 Å². The Morgan fingerprint density at radius 3 is 3.00 bits per heavy atom. The summed E-state index contributed by atoms with van der Waals surface area (Å²) in [6.07, 6.45) is 1.35. The van der Waals surface area contributed by atoms with Gasteiger partial charge in [0.1, 0.15) is 11.7 Å². The van der Waals surface area contributed by atoms with Crippen LogP contribution in [0.5, 0.6) is 0 Å². The van der Waals surface area contributed by atoms with E-state index in [1.54, 1.807) is 0 Å². The Balaban J connectivity index is 1.99. The average Bonchev–Trinajstić information content (AvgIpc) is 2.46. The summed E-state index contributed by atoms with van der Waals surface area (Å²) in [5.74, 6) is 0.0648. The molecule has 5 rings (SSSR count). The van der Waals surface area contributed by atoms with E-state index in [1.807, 2.05) is 0 Å². The summed E-state index contributed by atoms with van der Waals surface area (Å²) in [7, 11) is 0. The minimum Gasteiger partial charge on any atom is -0.458 e. The molecule has 5 aliphatic rings. The van der Waals surface area contributed by atoms with Crippen LogP contribution >= 0.6 is 0 Å². The minimum atomic E-state index is -0.130. The third-order valence-corrected chi connectivity index (χ3v) is 4.18. The Bertz CT molecular complexity index is 300. The van der Waals surface area contributed by atoms with E-state index in [-0.39, 0.29) is 29.0 Å². The van der Waals surface area contributed by atoms with Crippen LogP contribution in [0.15, 0.2) is 0 Å². The van der Waals surface area contributed by atoms with E-state index in [0.717, 1.165) is 6.42 Å². The second-order valence-corrected chi connectivity index (χ2v) is 4.29. The highest BCUT2D eigenvalue weighted by atomic mass is 16.7. The molecule has 0 amide bonds. The maximum atomic E-state index is 11.1. The molecule has 3 heteroatoms. The van der Waals surface area contributed by atoms with Crippen LogP contribution in [0.2, 0.25) is 0 Å². The monoisotopic (exact) mass is 152 g/mol.